The van der Waals surface area contributed by atoms with Crippen LogP contribution in [0.1, 0.15) is 6.92 Å². The molecule has 5 heteroatoms. The van der Waals surface area contributed by atoms with Gasteiger partial charge in [0.25, 0.3) is 0 Å². The van der Waals surface area contributed by atoms with E-state index in [1.54, 1.807) is 6.92 Å². The van der Waals surface area contributed by atoms with Crippen molar-refractivity contribution in [2.24, 2.45) is 0 Å². The summed E-state index contributed by atoms with van der Waals surface area (Å²) in [6, 6.07) is 0. The van der Waals surface area contributed by atoms with Crippen molar-refractivity contribution >= 4 is 5.97 Å². The van der Waals surface area contributed by atoms with Crippen LogP contribution < -0.4 is 0 Å². The summed E-state index contributed by atoms with van der Waals surface area (Å²) in [4.78, 5) is 20.0. The molecule has 0 aromatic heterocycles. The van der Waals surface area contributed by atoms with Gasteiger partial charge in [0.2, 0.25) is 6.54 Å². The molecular weight excluding hydrogens is 174 g/mol. The maximum absolute atomic E-state index is 10.7. The molecule has 0 aliphatic carbocycles. The smallest absolute Gasteiger partial charge is 0.330 e. The summed E-state index contributed by atoms with van der Waals surface area (Å²) >= 11 is 0. The van der Waals surface area contributed by atoms with Crippen LogP contribution in [0.2, 0.25) is 0 Å². The van der Waals surface area contributed by atoms with E-state index in [1.807, 2.05) is 0 Å². The molecule has 0 unspecified atom stereocenters. The summed E-state index contributed by atoms with van der Waals surface area (Å²) in [7, 11) is 0. The zero-order chi connectivity index (χ0) is 10.1. The number of hydrogen-bond acceptors (Lipinski definition) is 4. The second-order valence-electron chi connectivity index (χ2n) is 2.05. The largest absolute Gasteiger partial charge is 0.463 e. The Bertz CT molecular complexity index is 232. The molecule has 0 atom stereocenters. The highest BCUT2D eigenvalue weighted by atomic mass is 16.6. The second kappa shape index (κ2) is 7.02. The lowest BCUT2D eigenvalue weighted by Crippen LogP contribution is -1.98. The van der Waals surface area contributed by atoms with E-state index < -0.39 is 10.9 Å². The third-order valence-electron chi connectivity index (χ3n) is 1.02. The molecule has 0 aromatic rings. The Morgan fingerprint density at radius 1 is 1.54 bits per heavy atom. The van der Waals surface area contributed by atoms with Gasteiger partial charge in [0.1, 0.15) is 0 Å². The van der Waals surface area contributed by atoms with Crippen LogP contribution in [0.3, 0.4) is 0 Å². The molecule has 0 radical (unpaired) electrons. The number of carbonyl (C=O) groups excluding carboxylic acids is 1. The summed E-state index contributed by atoms with van der Waals surface area (Å²) in [6.45, 7) is 1.78. The number of esters is 1. The zero-order valence-electron chi connectivity index (χ0n) is 7.30. The standard InChI is InChI=1S/C8H11NO4/c1-2-13-8(10)6-4-3-5-7-9(11)12/h3-6H,2,7H2,1H3/b5-3+,6-4+. The molecule has 72 valence electrons. The monoisotopic (exact) mass is 185 g/mol. The molecule has 13 heavy (non-hydrogen) atoms. The first kappa shape index (κ1) is 11.4. The Labute approximate surface area is 75.8 Å². The molecule has 0 fully saturated rings. The van der Waals surface area contributed by atoms with E-state index in [-0.39, 0.29) is 6.54 Å². The molecule has 0 amide bonds. The molecular formula is C8H11NO4. The van der Waals surface area contributed by atoms with Crippen molar-refractivity contribution in [3.8, 4) is 0 Å². The fourth-order valence-corrected chi connectivity index (χ4v) is 0.550. The third-order valence-corrected chi connectivity index (χ3v) is 1.02. The Morgan fingerprint density at radius 3 is 2.77 bits per heavy atom. The molecule has 0 spiro atoms. The quantitative estimate of drug-likeness (QED) is 0.210. The van der Waals surface area contributed by atoms with Crippen molar-refractivity contribution in [2.75, 3.05) is 13.2 Å². The summed E-state index contributed by atoms with van der Waals surface area (Å²) < 4.78 is 4.58. The van der Waals surface area contributed by atoms with Gasteiger partial charge in [0.15, 0.2) is 0 Å². The first-order valence-corrected chi connectivity index (χ1v) is 3.78. The van der Waals surface area contributed by atoms with E-state index in [1.165, 1.54) is 24.3 Å². The summed E-state index contributed by atoms with van der Waals surface area (Å²) in [5.74, 6) is -0.451. The van der Waals surface area contributed by atoms with Crippen molar-refractivity contribution in [3.63, 3.8) is 0 Å². The molecule has 0 rings (SSSR count). The lowest BCUT2D eigenvalue weighted by molar-refractivity contribution is -0.468. The average molecular weight is 185 g/mol. The van der Waals surface area contributed by atoms with Crippen LogP contribution >= 0.6 is 0 Å². The number of hydrogen-bond donors (Lipinski definition) is 0. The molecule has 0 N–H and O–H groups in total. The number of ether oxygens (including phenoxy) is 1. The molecule has 0 saturated carbocycles. The van der Waals surface area contributed by atoms with E-state index in [0.29, 0.717) is 6.61 Å². The number of allylic oxidation sites excluding steroid dienone is 2. The summed E-state index contributed by atoms with van der Waals surface area (Å²) in [5.41, 5.74) is 0. The molecule has 0 saturated heterocycles. The maximum atomic E-state index is 10.7. The second-order valence-corrected chi connectivity index (χ2v) is 2.05. The van der Waals surface area contributed by atoms with E-state index >= 15 is 0 Å². The van der Waals surface area contributed by atoms with Crippen LogP contribution in [0.15, 0.2) is 24.3 Å². The summed E-state index contributed by atoms with van der Waals surface area (Å²) in [6.07, 6.45) is 5.39. The highest BCUT2D eigenvalue weighted by Crippen LogP contribution is 1.83. The van der Waals surface area contributed by atoms with Gasteiger partial charge in [-0.2, -0.15) is 0 Å². The van der Waals surface area contributed by atoms with Crippen molar-refractivity contribution in [2.45, 2.75) is 6.92 Å². The highest BCUT2D eigenvalue weighted by molar-refractivity contribution is 5.82. The molecule has 0 aromatic carbocycles. The number of carbonyl (C=O) groups is 1. The highest BCUT2D eigenvalue weighted by Gasteiger charge is 1.90. The Kier molecular flexibility index (Phi) is 6.13. The minimum atomic E-state index is -0.464. The minimum absolute atomic E-state index is 0.243. The van der Waals surface area contributed by atoms with Crippen LogP contribution in [0.5, 0.6) is 0 Å². The normalized spacial score (nSPS) is 10.8. The fourth-order valence-electron chi connectivity index (χ4n) is 0.550. The first-order valence-electron chi connectivity index (χ1n) is 3.78. The Hall–Kier alpha value is -1.65. The zero-order valence-corrected chi connectivity index (χ0v) is 7.30. The van der Waals surface area contributed by atoms with Crippen LogP contribution in [0.25, 0.3) is 0 Å². The predicted molar refractivity (Wildman–Crippen MR) is 46.8 cm³/mol. The van der Waals surface area contributed by atoms with Crippen molar-refractivity contribution in [1.82, 2.24) is 0 Å². The Morgan fingerprint density at radius 2 is 2.23 bits per heavy atom. The fraction of sp³-hybridized carbons (Fsp3) is 0.375. The average Bonchev–Trinajstić information content (AvgIpc) is 2.03. The van der Waals surface area contributed by atoms with Crippen LogP contribution in [0.4, 0.5) is 0 Å². The van der Waals surface area contributed by atoms with E-state index in [2.05, 4.69) is 4.74 Å². The van der Waals surface area contributed by atoms with Crippen molar-refractivity contribution in [3.05, 3.63) is 34.4 Å². The third kappa shape index (κ3) is 8.25. The molecule has 0 aliphatic rings. The van der Waals surface area contributed by atoms with Gasteiger partial charge < -0.3 is 4.74 Å². The predicted octanol–water partition coefficient (Wildman–Crippen LogP) is 0.939. The van der Waals surface area contributed by atoms with Crippen molar-refractivity contribution in [1.29, 1.82) is 0 Å². The topological polar surface area (TPSA) is 69.4 Å². The van der Waals surface area contributed by atoms with Gasteiger partial charge >= 0.3 is 5.97 Å². The molecule has 0 bridgehead atoms. The van der Waals surface area contributed by atoms with Crippen molar-refractivity contribution < 1.29 is 14.5 Å². The minimum Gasteiger partial charge on any atom is -0.463 e. The molecule has 0 aliphatic heterocycles. The van der Waals surface area contributed by atoms with E-state index in [9.17, 15) is 14.9 Å². The van der Waals surface area contributed by atoms with Gasteiger partial charge in [0, 0.05) is 11.0 Å². The van der Waals surface area contributed by atoms with Crippen LogP contribution in [-0.4, -0.2) is 24.0 Å². The molecule has 0 heterocycles. The lowest BCUT2D eigenvalue weighted by Gasteiger charge is -1.92. The number of nitro groups is 1. The Balaban J connectivity index is 3.67. The van der Waals surface area contributed by atoms with Crippen LogP contribution in [-0.2, 0) is 9.53 Å². The van der Waals surface area contributed by atoms with Gasteiger partial charge in [-0.1, -0.05) is 12.2 Å². The van der Waals surface area contributed by atoms with E-state index in [0.717, 1.165) is 0 Å². The molecule has 5 nitrogen and oxygen atoms in total. The number of nitrogens with zero attached hydrogens (tertiary/aromatic N) is 1. The lowest BCUT2D eigenvalue weighted by atomic mass is 10.4. The number of rotatable bonds is 5. The maximum Gasteiger partial charge on any atom is 0.330 e. The van der Waals surface area contributed by atoms with E-state index in [4.69, 9.17) is 0 Å². The van der Waals surface area contributed by atoms with Gasteiger partial charge in [-0.05, 0) is 13.0 Å². The van der Waals surface area contributed by atoms with Gasteiger partial charge in [0.05, 0.1) is 6.61 Å². The van der Waals surface area contributed by atoms with Gasteiger partial charge in [-0.3, -0.25) is 10.1 Å². The SMILES string of the molecule is CCOC(=O)/C=C/C=C/C[N+](=O)[O-]. The van der Waals surface area contributed by atoms with Gasteiger partial charge in [-0.25, -0.2) is 4.79 Å². The first-order chi connectivity index (χ1) is 6.16. The summed E-state index contributed by atoms with van der Waals surface area (Å²) in [5, 5.41) is 9.84. The van der Waals surface area contributed by atoms with Crippen LogP contribution in [0, 0.1) is 10.1 Å². The van der Waals surface area contributed by atoms with Gasteiger partial charge in [-0.15, -0.1) is 0 Å².